The molecule has 0 amide bonds. The third-order valence-corrected chi connectivity index (χ3v) is 13.0. The molecule has 4 heteroatoms. The molecule has 0 unspecified atom stereocenters. The summed E-state index contributed by atoms with van der Waals surface area (Å²) < 4.78 is 13.3. The van der Waals surface area contributed by atoms with E-state index in [1.165, 1.54) is 0 Å². The van der Waals surface area contributed by atoms with Crippen LogP contribution >= 0.6 is 0 Å². The highest BCUT2D eigenvalue weighted by Crippen LogP contribution is 2.52. The first-order chi connectivity index (χ1) is 32.7. The Morgan fingerprint density at radius 1 is 0.288 bits per heavy atom. The van der Waals surface area contributed by atoms with Gasteiger partial charge in [-0.15, -0.1) is 0 Å². The molecule has 0 saturated carbocycles. The Morgan fingerprint density at radius 3 is 1.56 bits per heavy atom. The lowest BCUT2D eigenvalue weighted by Gasteiger charge is -2.30. The number of hydrogen-bond acceptors (Lipinski definition) is 4. The first-order valence-corrected chi connectivity index (χ1v) is 22.4. The molecule has 0 fully saturated rings. The predicted octanol–water partition coefficient (Wildman–Crippen LogP) is 17.9. The van der Waals surface area contributed by atoms with Gasteiger partial charge in [0.1, 0.15) is 22.7 Å². The molecule has 1 aliphatic heterocycles. The second-order valence-corrected chi connectivity index (χ2v) is 16.8. The number of fused-ring (bicyclic) bond motifs is 7. The van der Waals surface area contributed by atoms with Crippen LogP contribution < -0.4 is 14.5 Å². The van der Waals surface area contributed by atoms with Crippen LogP contribution in [0.3, 0.4) is 0 Å². The predicted molar refractivity (Wildman–Crippen MR) is 274 cm³/mol. The van der Waals surface area contributed by atoms with E-state index in [1.807, 2.05) is 12.1 Å². The van der Waals surface area contributed by atoms with Crippen molar-refractivity contribution in [3.63, 3.8) is 0 Å². The summed E-state index contributed by atoms with van der Waals surface area (Å²) in [5.74, 6) is 1.67. The van der Waals surface area contributed by atoms with Gasteiger partial charge in [0.05, 0.1) is 11.4 Å². The number of benzene rings is 11. The molecule has 0 bridgehead atoms. The van der Waals surface area contributed by atoms with Crippen molar-refractivity contribution in [2.75, 3.05) is 9.80 Å². The lowest BCUT2D eigenvalue weighted by atomic mass is 9.90. The molecule has 0 spiro atoms. The second-order valence-electron chi connectivity index (χ2n) is 16.8. The number of rotatable bonds is 8. The summed E-state index contributed by atoms with van der Waals surface area (Å²) in [5, 5.41) is 6.75. The van der Waals surface area contributed by atoms with Crippen molar-refractivity contribution in [1.82, 2.24) is 0 Å². The molecule has 13 rings (SSSR count). The van der Waals surface area contributed by atoms with Gasteiger partial charge in [-0.25, -0.2) is 0 Å². The van der Waals surface area contributed by atoms with Crippen molar-refractivity contribution in [3.8, 4) is 44.9 Å². The second kappa shape index (κ2) is 15.4. The van der Waals surface area contributed by atoms with Crippen molar-refractivity contribution in [3.05, 3.63) is 243 Å². The number of ether oxygens (including phenoxy) is 1. The molecule has 0 saturated heterocycles. The van der Waals surface area contributed by atoms with Crippen LogP contribution in [0.25, 0.3) is 76.9 Å². The van der Waals surface area contributed by atoms with Gasteiger partial charge in [-0.2, -0.15) is 0 Å². The number of hydrogen-bond donors (Lipinski definition) is 0. The molecular formula is C62H40N2O2. The minimum Gasteiger partial charge on any atom is -0.456 e. The molecule has 11 aromatic carbocycles. The lowest BCUT2D eigenvalue weighted by molar-refractivity contribution is 0.487. The maximum Gasteiger partial charge on any atom is 0.137 e. The fourth-order valence-electron chi connectivity index (χ4n) is 10.0. The lowest BCUT2D eigenvalue weighted by Crippen LogP contribution is -2.12. The summed E-state index contributed by atoms with van der Waals surface area (Å²) >= 11 is 0. The van der Waals surface area contributed by atoms with Gasteiger partial charge in [-0.1, -0.05) is 152 Å². The Bertz CT molecular complexity index is 3800. The van der Waals surface area contributed by atoms with Gasteiger partial charge in [0.2, 0.25) is 0 Å². The summed E-state index contributed by atoms with van der Waals surface area (Å²) in [6.07, 6.45) is 0. The van der Waals surface area contributed by atoms with Crippen LogP contribution in [-0.4, -0.2) is 0 Å². The topological polar surface area (TPSA) is 28.9 Å². The molecule has 12 aromatic rings. The van der Waals surface area contributed by atoms with Gasteiger partial charge in [0.15, 0.2) is 0 Å². The largest absolute Gasteiger partial charge is 0.456 e. The molecule has 66 heavy (non-hydrogen) atoms. The van der Waals surface area contributed by atoms with E-state index in [9.17, 15) is 0 Å². The zero-order chi connectivity index (χ0) is 43.6. The SMILES string of the molecule is c1ccc(-c2ccccc2N(c2ccccc2)c2ccc3c(c2)Oc2cccc4c2c-3cc2ccc(N(c3ccc5oc6ccccc6c5c3)c3ccccc3-c3ccccc3)cc24)cc1. The third-order valence-electron chi connectivity index (χ3n) is 13.0. The van der Waals surface area contributed by atoms with Gasteiger partial charge in [-0.3, -0.25) is 0 Å². The minimum absolute atomic E-state index is 0.826. The van der Waals surface area contributed by atoms with E-state index in [4.69, 9.17) is 9.15 Å². The molecule has 0 N–H and O–H groups in total. The summed E-state index contributed by atoms with van der Waals surface area (Å²) in [4.78, 5) is 4.72. The first kappa shape index (κ1) is 37.7. The molecule has 2 heterocycles. The van der Waals surface area contributed by atoms with Crippen molar-refractivity contribution in [2.24, 2.45) is 0 Å². The molecule has 0 radical (unpaired) electrons. The van der Waals surface area contributed by atoms with E-state index in [0.717, 1.165) is 122 Å². The number of para-hydroxylation sites is 4. The summed E-state index contributed by atoms with van der Waals surface area (Å²) in [6.45, 7) is 0. The molecule has 0 aliphatic carbocycles. The minimum atomic E-state index is 0.826. The van der Waals surface area contributed by atoms with Gasteiger partial charge in [0, 0.05) is 61.7 Å². The first-order valence-electron chi connectivity index (χ1n) is 22.4. The number of nitrogens with zero attached hydrogens (tertiary/aromatic N) is 2. The van der Waals surface area contributed by atoms with E-state index in [0.29, 0.717) is 0 Å². The van der Waals surface area contributed by atoms with Crippen molar-refractivity contribution in [1.29, 1.82) is 0 Å². The molecule has 1 aromatic heterocycles. The Hall–Kier alpha value is -8.86. The molecule has 310 valence electrons. The van der Waals surface area contributed by atoms with Crippen LogP contribution in [0.4, 0.5) is 34.1 Å². The Labute approximate surface area is 382 Å². The summed E-state index contributed by atoms with van der Waals surface area (Å²) in [6, 6.07) is 86.3. The van der Waals surface area contributed by atoms with Crippen molar-refractivity contribution in [2.45, 2.75) is 0 Å². The van der Waals surface area contributed by atoms with E-state index >= 15 is 0 Å². The van der Waals surface area contributed by atoms with E-state index in [-0.39, 0.29) is 0 Å². The molecule has 1 aliphatic rings. The molecular weight excluding hydrogens is 805 g/mol. The van der Waals surface area contributed by atoms with Crippen LogP contribution in [0.1, 0.15) is 0 Å². The highest BCUT2D eigenvalue weighted by atomic mass is 16.5. The smallest absolute Gasteiger partial charge is 0.137 e. The van der Waals surface area contributed by atoms with Crippen molar-refractivity contribution >= 4 is 77.6 Å². The van der Waals surface area contributed by atoms with E-state index in [2.05, 4.69) is 240 Å². The quantitative estimate of drug-likeness (QED) is 0.143. The third kappa shape index (κ3) is 6.22. The van der Waals surface area contributed by atoms with Gasteiger partial charge < -0.3 is 19.0 Å². The number of furan rings is 1. The highest BCUT2D eigenvalue weighted by Gasteiger charge is 2.26. The molecule has 4 nitrogen and oxygen atoms in total. The summed E-state index contributed by atoms with van der Waals surface area (Å²) in [7, 11) is 0. The maximum absolute atomic E-state index is 6.98. The van der Waals surface area contributed by atoms with Crippen molar-refractivity contribution < 1.29 is 9.15 Å². The van der Waals surface area contributed by atoms with Gasteiger partial charge in [-0.05, 0) is 118 Å². The molecule has 0 atom stereocenters. The van der Waals surface area contributed by atoms with Gasteiger partial charge in [0.25, 0.3) is 0 Å². The van der Waals surface area contributed by atoms with Crippen LogP contribution in [0, 0.1) is 0 Å². The van der Waals surface area contributed by atoms with Crippen LogP contribution in [0.2, 0.25) is 0 Å². The monoisotopic (exact) mass is 844 g/mol. The average molecular weight is 845 g/mol. The highest BCUT2D eigenvalue weighted by molar-refractivity contribution is 6.18. The zero-order valence-corrected chi connectivity index (χ0v) is 35.8. The fraction of sp³-hybridized carbons (Fsp3) is 0. The Kier molecular flexibility index (Phi) is 8.81. The Morgan fingerprint density at radius 2 is 0.833 bits per heavy atom. The normalized spacial score (nSPS) is 11.8. The van der Waals surface area contributed by atoms with Crippen LogP contribution in [0.5, 0.6) is 11.5 Å². The van der Waals surface area contributed by atoms with E-state index < -0.39 is 0 Å². The summed E-state index contributed by atoms with van der Waals surface area (Å²) in [5.41, 5.74) is 14.9. The maximum atomic E-state index is 6.98. The van der Waals surface area contributed by atoms with Gasteiger partial charge >= 0.3 is 0 Å². The van der Waals surface area contributed by atoms with Crippen LogP contribution in [0.15, 0.2) is 247 Å². The zero-order valence-electron chi connectivity index (χ0n) is 35.8. The average Bonchev–Trinajstić information content (AvgIpc) is 3.76. The van der Waals surface area contributed by atoms with Crippen LogP contribution in [-0.2, 0) is 0 Å². The Balaban J connectivity index is 0.969. The van der Waals surface area contributed by atoms with E-state index in [1.54, 1.807) is 0 Å². The number of anilines is 6. The standard InChI is InChI=1S/C62H40N2O2/c1-4-17-41(18-5-1)48-23-10-13-27-56(48)63(44-21-8-3-9-22-44)47-33-35-51-55-37-43-31-32-45(38-53(43)52-26-16-30-60(62(52)55)66-61(51)40-47)64(57-28-14-11-24-49(57)42-19-6-2-7-20-42)46-34-36-59-54(39-46)50-25-12-15-29-58(50)65-59/h1-40H. The fourth-order valence-corrected chi connectivity index (χ4v) is 10.0.